The molecule has 92 valence electrons. The minimum Gasteiger partial charge on any atom is -0.493 e. The summed E-state index contributed by atoms with van der Waals surface area (Å²) in [4.78, 5) is 0. The maximum Gasteiger partial charge on any atom is 0.123 e. The highest BCUT2D eigenvalue weighted by atomic mass is 19.1. The molecule has 1 aliphatic heterocycles. The fraction of sp³-hybridized carbons (Fsp3) is 0.250. The Kier molecular flexibility index (Phi) is 2.78. The van der Waals surface area contributed by atoms with Crippen molar-refractivity contribution in [3.05, 3.63) is 53.8 Å². The van der Waals surface area contributed by atoms with Crippen LogP contribution < -0.4 is 4.74 Å². The van der Waals surface area contributed by atoms with E-state index in [1.54, 1.807) is 0 Å². The average Bonchev–Trinajstić information content (AvgIpc) is 2.40. The van der Waals surface area contributed by atoms with Crippen LogP contribution in [0.1, 0.15) is 24.8 Å². The number of halogens is 1. The van der Waals surface area contributed by atoms with E-state index in [0.717, 1.165) is 29.9 Å². The van der Waals surface area contributed by atoms with Crippen LogP contribution in [0, 0.1) is 5.82 Å². The van der Waals surface area contributed by atoms with Crippen molar-refractivity contribution < 1.29 is 9.13 Å². The van der Waals surface area contributed by atoms with Crippen LogP contribution in [0.5, 0.6) is 5.75 Å². The van der Waals surface area contributed by atoms with Gasteiger partial charge < -0.3 is 4.74 Å². The molecule has 2 aromatic rings. The van der Waals surface area contributed by atoms with E-state index in [0.29, 0.717) is 5.92 Å². The van der Waals surface area contributed by atoms with Crippen molar-refractivity contribution in [2.75, 3.05) is 6.61 Å². The summed E-state index contributed by atoms with van der Waals surface area (Å²) >= 11 is 0. The molecular formula is C16H15FO. The molecule has 0 saturated carbocycles. The zero-order valence-corrected chi connectivity index (χ0v) is 10.3. The first-order valence-corrected chi connectivity index (χ1v) is 6.27. The molecule has 0 amide bonds. The minimum absolute atomic E-state index is 0.201. The molecule has 1 nitrogen and oxygen atoms in total. The molecule has 2 heteroatoms. The Morgan fingerprint density at radius 2 is 1.78 bits per heavy atom. The van der Waals surface area contributed by atoms with E-state index in [4.69, 9.17) is 4.74 Å². The number of fused-ring (bicyclic) bond motifs is 1. The van der Waals surface area contributed by atoms with Crippen molar-refractivity contribution in [3.8, 4) is 16.9 Å². The van der Waals surface area contributed by atoms with Gasteiger partial charge in [-0.25, -0.2) is 4.39 Å². The van der Waals surface area contributed by atoms with Crippen LogP contribution in [0.3, 0.4) is 0 Å². The number of hydrogen-bond acceptors (Lipinski definition) is 1. The van der Waals surface area contributed by atoms with E-state index >= 15 is 0 Å². The third-order valence-electron chi connectivity index (χ3n) is 3.53. The Balaban J connectivity index is 2.03. The lowest BCUT2D eigenvalue weighted by atomic mass is 9.92. The topological polar surface area (TPSA) is 9.23 Å². The number of benzene rings is 2. The Bertz CT molecular complexity index is 560. The van der Waals surface area contributed by atoms with E-state index < -0.39 is 0 Å². The molecule has 0 aromatic heterocycles. The van der Waals surface area contributed by atoms with Crippen molar-refractivity contribution in [2.45, 2.75) is 19.3 Å². The largest absolute Gasteiger partial charge is 0.493 e. The molecule has 1 atom stereocenters. The Hall–Kier alpha value is -1.83. The minimum atomic E-state index is -0.201. The Labute approximate surface area is 106 Å². The zero-order valence-electron chi connectivity index (χ0n) is 10.3. The lowest BCUT2D eigenvalue weighted by Crippen LogP contribution is -2.11. The molecule has 18 heavy (non-hydrogen) atoms. The second-order valence-corrected chi connectivity index (χ2v) is 4.80. The summed E-state index contributed by atoms with van der Waals surface area (Å²) in [5, 5.41) is 0. The summed E-state index contributed by atoms with van der Waals surface area (Å²) in [7, 11) is 0. The van der Waals surface area contributed by atoms with E-state index in [1.165, 1.54) is 17.7 Å². The first-order chi connectivity index (χ1) is 8.74. The predicted octanol–water partition coefficient (Wildman–Crippen LogP) is 4.38. The van der Waals surface area contributed by atoms with Crippen LogP contribution in [0.25, 0.3) is 11.1 Å². The predicted molar refractivity (Wildman–Crippen MR) is 70.4 cm³/mol. The summed E-state index contributed by atoms with van der Waals surface area (Å²) in [6, 6.07) is 12.8. The van der Waals surface area contributed by atoms with E-state index in [9.17, 15) is 4.39 Å². The Morgan fingerprint density at radius 3 is 2.56 bits per heavy atom. The second-order valence-electron chi connectivity index (χ2n) is 4.80. The van der Waals surface area contributed by atoms with Crippen LogP contribution in [0.4, 0.5) is 4.39 Å². The van der Waals surface area contributed by atoms with Gasteiger partial charge in [-0.3, -0.25) is 0 Å². The van der Waals surface area contributed by atoms with Crippen LogP contribution in [0.2, 0.25) is 0 Å². The van der Waals surface area contributed by atoms with Crippen molar-refractivity contribution in [1.29, 1.82) is 0 Å². The summed E-state index contributed by atoms with van der Waals surface area (Å²) in [6.45, 7) is 3.01. The molecule has 1 unspecified atom stereocenters. The summed E-state index contributed by atoms with van der Waals surface area (Å²) in [5.41, 5.74) is 3.41. The van der Waals surface area contributed by atoms with Crippen molar-refractivity contribution >= 4 is 0 Å². The summed E-state index contributed by atoms with van der Waals surface area (Å²) < 4.78 is 18.6. The van der Waals surface area contributed by atoms with Gasteiger partial charge in [0.15, 0.2) is 0 Å². The van der Waals surface area contributed by atoms with Crippen LogP contribution in [0.15, 0.2) is 42.5 Å². The molecule has 2 aromatic carbocycles. The lowest BCUT2D eigenvalue weighted by Gasteiger charge is -2.23. The SMILES string of the molecule is CC1CCOc2ccc(-c3ccc(F)cc3)cc21. The molecule has 0 fully saturated rings. The quantitative estimate of drug-likeness (QED) is 0.721. The third kappa shape index (κ3) is 1.99. The van der Waals surface area contributed by atoms with E-state index in [1.807, 2.05) is 24.3 Å². The van der Waals surface area contributed by atoms with Crippen LogP contribution in [-0.4, -0.2) is 6.61 Å². The Morgan fingerprint density at radius 1 is 1.06 bits per heavy atom. The molecule has 1 heterocycles. The van der Waals surface area contributed by atoms with Crippen molar-refractivity contribution in [1.82, 2.24) is 0 Å². The van der Waals surface area contributed by atoms with E-state index in [2.05, 4.69) is 13.0 Å². The van der Waals surface area contributed by atoms with Crippen LogP contribution in [-0.2, 0) is 0 Å². The zero-order chi connectivity index (χ0) is 12.5. The molecule has 0 saturated heterocycles. The molecule has 0 spiro atoms. The van der Waals surface area contributed by atoms with E-state index in [-0.39, 0.29) is 5.82 Å². The maximum atomic E-state index is 12.9. The normalized spacial score (nSPS) is 18.0. The summed E-state index contributed by atoms with van der Waals surface area (Å²) in [6.07, 6.45) is 1.06. The van der Waals surface area contributed by atoms with Gasteiger partial charge in [-0.05, 0) is 53.3 Å². The van der Waals surface area contributed by atoms with Gasteiger partial charge in [0.25, 0.3) is 0 Å². The van der Waals surface area contributed by atoms with Gasteiger partial charge in [0.2, 0.25) is 0 Å². The fourth-order valence-corrected chi connectivity index (χ4v) is 2.39. The standard InChI is InChI=1S/C16H15FO/c1-11-8-9-18-16-7-4-13(10-15(11)16)12-2-5-14(17)6-3-12/h2-7,10-11H,8-9H2,1H3. The highest BCUT2D eigenvalue weighted by molar-refractivity contribution is 5.66. The molecule has 0 bridgehead atoms. The van der Waals surface area contributed by atoms with Gasteiger partial charge in [-0.2, -0.15) is 0 Å². The molecule has 3 rings (SSSR count). The average molecular weight is 242 g/mol. The molecule has 1 aliphatic rings. The van der Waals surface area contributed by atoms with Gasteiger partial charge in [0, 0.05) is 0 Å². The number of rotatable bonds is 1. The summed E-state index contributed by atoms with van der Waals surface area (Å²) in [5.74, 6) is 1.31. The number of ether oxygens (including phenoxy) is 1. The first-order valence-electron chi connectivity index (χ1n) is 6.27. The second kappa shape index (κ2) is 4.45. The van der Waals surface area contributed by atoms with Gasteiger partial charge in [-0.1, -0.05) is 25.1 Å². The fourth-order valence-electron chi connectivity index (χ4n) is 2.39. The number of hydrogen-bond donors (Lipinski definition) is 0. The highest BCUT2D eigenvalue weighted by Crippen LogP contribution is 2.36. The molecule has 0 radical (unpaired) electrons. The van der Waals surface area contributed by atoms with Gasteiger partial charge in [0.05, 0.1) is 6.61 Å². The van der Waals surface area contributed by atoms with Gasteiger partial charge in [0.1, 0.15) is 11.6 Å². The molecular weight excluding hydrogens is 227 g/mol. The van der Waals surface area contributed by atoms with Crippen molar-refractivity contribution in [2.24, 2.45) is 0 Å². The molecule has 0 N–H and O–H groups in total. The van der Waals surface area contributed by atoms with Gasteiger partial charge in [-0.15, -0.1) is 0 Å². The lowest BCUT2D eigenvalue weighted by molar-refractivity contribution is 0.272. The third-order valence-corrected chi connectivity index (χ3v) is 3.53. The van der Waals surface area contributed by atoms with Gasteiger partial charge >= 0.3 is 0 Å². The molecule has 0 aliphatic carbocycles. The maximum absolute atomic E-state index is 12.9. The van der Waals surface area contributed by atoms with Crippen LogP contribution >= 0.6 is 0 Å². The van der Waals surface area contributed by atoms with Crippen molar-refractivity contribution in [3.63, 3.8) is 0 Å². The first kappa shape index (κ1) is 11.3. The highest BCUT2D eigenvalue weighted by Gasteiger charge is 2.17. The smallest absolute Gasteiger partial charge is 0.123 e. The monoisotopic (exact) mass is 242 g/mol.